The van der Waals surface area contributed by atoms with Gasteiger partial charge in [-0.3, -0.25) is 0 Å². The van der Waals surface area contributed by atoms with E-state index in [9.17, 15) is 0 Å². The lowest BCUT2D eigenvalue weighted by atomic mass is 9.96. The van der Waals surface area contributed by atoms with Gasteiger partial charge < -0.3 is 4.90 Å². The van der Waals surface area contributed by atoms with E-state index >= 15 is 0 Å². The summed E-state index contributed by atoms with van der Waals surface area (Å²) in [5.41, 5.74) is 0.444. The van der Waals surface area contributed by atoms with E-state index in [0.29, 0.717) is 5.41 Å². The van der Waals surface area contributed by atoms with Crippen LogP contribution in [0.15, 0.2) is 0 Å². The highest BCUT2D eigenvalue weighted by Crippen LogP contribution is 2.15. The standard InChI is InChI=1S/C14H31N/c1-6-8-9-10-11-12-15(7-2)13-14(3,4)5/h6-13H2,1-5H3. The van der Waals surface area contributed by atoms with E-state index in [4.69, 9.17) is 0 Å². The van der Waals surface area contributed by atoms with Gasteiger partial charge in [0.05, 0.1) is 0 Å². The summed E-state index contributed by atoms with van der Waals surface area (Å²) in [6.45, 7) is 15.3. The summed E-state index contributed by atoms with van der Waals surface area (Å²) in [5, 5.41) is 0. The molecule has 0 fully saturated rings. The normalized spacial score (nSPS) is 12.4. The molecule has 0 bridgehead atoms. The Morgan fingerprint density at radius 2 is 1.47 bits per heavy atom. The second kappa shape index (κ2) is 8.15. The van der Waals surface area contributed by atoms with Gasteiger partial charge in [-0.1, -0.05) is 60.3 Å². The predicted octanol–water partition coefficient (Wildman–Crippen LogP) is 4.32. The van der Waals surface area contributed by atoms with Gasteiger partial charge >= 0.3 is 0 Å². The SMILES string of the molecule is CCCCCCCN(CC)CC(C)(C)C. The Hall–Kier alpha value is -0.0400. The molecule has 0 saturated carbocycles. The Morgan fingerprint density at radius 3 is 1.93 bits per heavy atom. The molecular weight excluding hydrogens is 182 g/mol. The molecule has 0 aromatic carbocycles. The van der Waals surface area contributed by atoms with Gasteiger partial charge in [0.1, 0.15) is 0 Å². The van der Waals surface area contributed by atoms with Gasteiger partial charge in [0.2, 0.25) is 0 Å². The van der Waals surface area contributed by atoms with E-state index in [2.05, 4.69) is 39.5 Å². The van der Waals surface area contributed by atoms with E-state index in [1.807, 2.05) is 0 Å². The van der Waals surface area contributed by atoms with E-state index in [1.165, 1.54) is 51.7 Å². The van der Waals surface area contributed by atoms with Gasteiger partial charge in [0.25, 0.3) is 0 Å². The molecular formula is C14H31N. The van der Waals surface area contributed by atoms with Crippen molar-refractivity contribution in [1.82, 2.24) is 4.90 Å². The summed E-state index contributed by atoms with van der Waals surface area (Å²) in [7, 11) is 0. The molecule has 0 heterocycles. The first-order valence-electron chi connectivity index (χ1n) is 6.72. The van der Waals surface area contributed by atoms with Gasteiger partial charge in [0, 0.05) is 6.54 Å². The zero-order valence-electron chi connectivity index (χ0n) is 11.6. The quantitative estimate of drug-likeness (QED) is 0.543. The lowest BCUT2D eigenvalue weighted by Gasteiger charge is -2.28. The Balaban J connectivity index is 3.53. The molecule has 15 heavy (non-hydrogen) atoms. The first-order chi connectivity index (χ1) is 6.99. The van der Waals surface area contributed by atoms with Gasteiger partial charge in [-0.2, -0.15) is 0 Å². The van der Waals surface area contributed by atoms with Crippen LogP contribution in [0.3, 0.4) is 0 Å². The van der Waals surface area contributed by atoms with Crippen molar-refractivity contribution in [3.8, 4) is 0 Å². The van der Waals surface area contributed by atoms with E-state index < -0.39 is 0 Å². The molecule has 1 nitrogen and oxygen atoms in total. The molecule has 0 amide bonds. The smallest absolute Gasteiger partial charge is 0.00299 e. The van der Waals surface area contributed by atoms with Crippen molar-refractivity contribution in [1.29, 1.82) is 0 Å². The highest BCUT2D eigenvalue weighted by atomic mass is 15.1. The summed E-state index contributed by atoms with van der Waals surface area (Å²) < 4.78 is 0. The molecule has 0 aliphatic heterocycles. The van der Waals surface area contributed by atoms with Gasteiger partial charge in [-0.15, -0.1) is 0 Å². The van der Waals surface area contributed by atoms with Gasteiger partial charge in [-0.25, -0.2) is 0 Å². The zero-order valence-corrected chi connectivity index (χ0v) is 11.6. The molecule has 92 valence electrons. The van der Waals surface area contributed by atoms with Crippen LogP contribution in [0, 0.1) is 5.41 Å². The van der Waals surface area contributed by atoms with Crippen LogP contribution in [-0.4, -0.2) is 24.5 Å². The zero-order chi connectivity index (χ0) is 11.7. The van der Waals surface area contributed by atoms with Crippen LogP contribution in [-0.2, 0) is 0 Å². The molecule has 0 saturated heterocycles. The van der Waals surface area contributed by atoms with E-state index in [1.54, 1.807) is 0 Å². The molecule has 0 aliphatic rings. The maximum Gasteiger partial charge on any atom is 0.00299 e. The van der Waals surface area contributed by atoms with E-state index in [-0.39, 0.29) is 0 Å². The second-order valence-electron chi connectivity index (χ2n) is 5.84. The third-order valence-electron chi connectivity index (χ3n) is 2.72. The molecule has 0 aromatic heterocycles. The monoisotopic (exact) mass is 213 g/mol. The lowest BCUT2D eigenvalue weighted by Crippen LogP contribution is -2.33. The molecule has 0 aromatic rings. The summed E-state index contributed by atoms with van der Waals surface area (Å²) >= 11 is 0. The molecule has 0 aliphatic carbocycles. The van der Waals surface area contributed by atoms with Crippen molar-refractivity contribution in [2.45, 2.75) is 66.7 Å². The Kier molecular flexibility index (Phi) is 8.13. The van der Waals surface area contributed by atoms with E-state index in [0.717, 1.165) is 0 Å². The average molecular weight is 213 g/mol. The molecule has 0 unspecified atom stereocenters. The lowest BCUT2D eigenvalue weighted by molar-refractivity contribution is 0.196. The topological polar surface area (TPSA) is 3.24 Å². The van der Waals surface area contributed by atoms with Gasteiger partial charge in [-0.05, 0) is 24.9 Å². The molecule has 0 spiro atoms. The van der Waals surface area contributed by atoms with Crippen LogP contribution in [0.5, 0.6) is 0 Å². The summed E-state index contributed by atoms with van der Waals surface area (Å²) in [6, 6.07) is 0. The van der Waals surface area contributed by atoms with Crippen molar-refractivity contribution in [2.75, 3.05) is 19.6 Å². The van der Waals surface area contributed by atoms with Crippen LogP contribution >= 0.6 is 0 Å². The molecule has 0 radical (unpaired) electrons. The third-order valence-corrected chi connectivity index (χ3v) is 2.72. The highest BCUT2D eigenvalue weighted by molar-refractivity contribution is 4.68. The molecule has 0 N–H and O–H groups in total. The minimum atomic E-state index is 0.444. The van der Waals surface area contributed by atoms with Crippen LogP contribution in [0.4, 0.5) is 0 Å². The third kappa shape index (κ3) is 10.2. The predicted molar refractivity (Wildman–Crippen MR) is 70.3 cm³/mol. The van der Waals surface area contributed by atoms with Crippen LogP contribution in [0.1, 0.15) is 66.7 Å². The molecule has 0 rings (SSSR count). The Bertz CT molecular complexity index is 135. The number of unbranched alkanes of at least 4 members (excludes halogenated alkanes) is 4. The Morgan fingerprint density at radius 1 is 0.867 bits per heavy atom. The van der Waals surface area contributed by atoms with Crippen LogP contribution < -0.4 is 0 Å². The maximum atomic E-state index is 2.59. The minimum absolute atomic E-state index is 0.444. The first kappa shape index (κ1) is 15.0. The fraction of sp³-hybridized carbons (Fsp3) is 1.00. The average Bonchev–Trinajstić information content (AvgIpc) is 2.14. The molecule has 1 heteroatoms. The number of rotatable bonds is 8. The van der Waals surface area contributed by atoms with Crippen molar-refractivity contribution in [2.24, 2.45) is 5.41 Å². The second-order valence-corrected chi connectivity index (χ2v) is 5.84. The van der Waals surface area contributed by atoms with Crippen molar-refractivity contribution in [3.63, 3.8) is 0 Å². The van der Waals surface area contributed by atoms with Crippen LogP contribution in [0.25, 0.3) is 0 Å². The first-order valence-corrected chi connectivity index (χ1v) is 6.72. The fourth-order valence-electron chi connectivity index (χ4n) is 1.96. The number of hydrogen-bond donors (Lipinski definition) is 0. The Labute approximate surface area is 97.2 Å². The van der Waals surface area contributed by atoms with Crippen molar-refractivity contribution < 1.29 is 0 Å². The molecule has 0 atom stereocenters. The highest BCUT2D eigenvalue weighted by Gasteiger charge is 2.14. The summed E-state index contributed by atoms with van der Waals surface area (Å²) in [4.78, 5) is 2.59. The van der Waals surface area contributed by atoms with Crippen LogP contribution in [0.2, 0.25) is 0 Å². The van der Waals surface area contributed by atoms with Crippen molar-refractivity contribution >= 4 is 0 Å². The van der Waals surface area contributed by atoms with Crippen molar-refractivity contribution in [3.05, 3.63) is 0 Å². The summed E-state index contributed by atoms with van der Waals surface area (Å²) in [5.74, 6) is 0. The largest absolute Gasteiger partial charge is 0.303 e. The number of hydrogen-bond acceptors (Lipinski definition) is 1. The minimum Gasteiger partial charge on any atom is -0.303 e. The summed E-state index contributed by atoms with van der Waals surface area (Å²) in [6.07, 6.45) is 6.97. The maximum absolute atomic E-state index is 2.59. The fourth-order valence-corrected chi connectivity index (χ4v) is 1.96. The number of nitrogens with zero attached hydrogens (tertiary/aromatic N) is 1. The van der Waals surface area contributed by atoms with Gasteiger partial charge in [0.15, 0.2) is 0 Å².